The van der Waals surface area contributed by atoms with Crippen molar-refractivity contribution in [3.63, 3.8) is 0 Å². The third-order valence-corrected chi connectivity index (χ3v) is 3.27. The maximum atomic E-state index is 6.21. The Morgan fingerprint density at radius 3 is 2.36 bits per heavy atom. The Morgan fingerprint density at radius 1 is 1.29 bits per heavy atom. The third-order valence-electron chi connectivity index (χ3n) is 2.71. The summed E-state index contributed by atoms with van der Waals surface area (Å²) in [5, 5.41) is 1.34. The van der Waals surface area contributed by atoms with Crippen LogP contribution in [0, 0.1) is 5.92 Å². The minimum Gasteiger partial charge on any atom is -0.321 e. The van der Waals surface area contributed by atoms with E-state index in [1.807, 2.05) is 13.0 Å². The SMILES string of the molecule is CC(C)C(C)(N)c1cc(Cl)ccc1Cl. The fraction of sp³-hybridized carbons (Fsp3) is 0.455. The van der Waals surface area contributed by atoms with Gasteiger partial charge in [-0.1, -0.05) is 37.0 Å². The van der Waals surface area contributed by atoms with Crippen LogP contribution in [0.1, 0.15) is 26.3 Å². The highest BCUT2D eigenvalue weighted by Crippen LogP contribution is 2.33. The molecule has 0 aromatic heterocycles. The van der Waals surface area contributed by atoms with Crippen molar-refractivity contribution in [3.8, 4) is 0 Å². The Balaban J connectivity index is 3.24. The molecule has 14 heavy (non-hydrogen) atoms. The maximum Gasteiger partial charge on any atom is 0.0457 e. The summed E-state index contributed by atoms with van der Waals surface area (Å²) in [6, 6.07) is 5.39. The fourth-order valence-corrected chi connectivity index (χ4v) is 1.71. The van der Waals surface area contributed by atoms with Gasteiger partial charge in [-0.05, 0) is 36.6 Å². The molecular formula is C11H15Cl2N. The second-order valence-electron chi connectivity index (χ2n) is 4.06. The molecule has 1 rings (SSSR count). The molecule has 0 aliphatic rings. The van der Waals surface area contributed by atoms with Crippen LogP contribution in [0.15, 0.2) is 18.2 Å². The molecule has 0 aliphatic carbocycles. The zero-order valence-corrected chi connectivity index (χ0v) is 10.2. The Kier molecular flexibility index (Phi) is 3.46. The molecule has 0 fully saturated rings. The molecule has 0 saturated carbocycles. The summed E-state index contributed by atoms with van der Waals surface area (Å²) in [5.74, 6) is 0.304. The molecule has 0 amide bonds. The standard InChI is InChI=1S/C11H15Cl2N/c1-7(2)11(3,14)9-6-8(12)4-5-10(9)13/h4-7H,14H2,1-3H3. The van der Waals surface area contributed by atoms with Crippen LogP contribution in [0.2, 0.25) is 10.0 Å². The second-order valence-corrected chi connectivity index (χ2v) is 4.91. The molecule has 3 heteroatoms. The van der Waals surface area contributed by atoms with Crippen LogP contribution in [-0.2, 0) is 5.54 Å². The monoisotopic (exact) mass is 231 g/mol. The zero-order valence-electron chi connectivity index (χ0n) is 8.64. The highest BCUT2D eigenvalue weighted by molar-refractivity contribution is 6.33. The van der Waals surface area contributed by atoms with Crippen LogP contribution in [-0.4, -0.2) is 0 Å². The van der Waals surface area contributed by atoms with Gasteiger partial charge in [0, 0.05) is 15.6 Å². The van der Waals surface area contributed by atoms with E-state index in [4.69, 9.17) is 28.9 Å². The van der Waals surface area contributed by atoms with E-state index in [0.717, 1.165) is 5.56 Å². The van der Waals surface area contributed by atoms with E-state index >= 15 is 0 Å². The quantitative estimate of drug-likeness (QED) is 0.823. The van der Waals surface area contributed by atoms with Crippen molar-refractivity contribution in [3.05, 3.63) is 33.8 Å². The molecule has 1 aromatic carbocycles. The maximum absolute atomic E-state index is 6.21. The number of rotatable bonds is 2. The molecule has 1 unspecified atom stereocenters. The number of halogens is 2. The van der Waals surface area contributed by atoms with Crippen molar-refractivity contribution in [2.75, 3.05) is 0 Å². The second kappa shape index (κ2) is 4.09. The number of hydrogen-bond acceptors (Lipinski definition) is 1. The molecule has 1 atom stereocenters. The van der Waals surface area contributed by atoms with Gasteiger partial charge in [-0.15, -0.1) is 0 Å². The van der Waals surface area contributed by atoms with Crippen molar-refractivity contribution in [1.29, 1.82) is 0 Å². The van der Waals surface area contributed by atoms with Gasteiger partial charge >= 0.3 is 0 Å². The van der Waals surface area contributed by atoms with Gasteiger partial charge in [0.15, 0.2) is 0 Å². The van der Waals surface area contributed by atoms with Crippen molar-refractivity contribution in [2.45, 2.75) is 26.3 Å². The van der Waals surface area contributed by atoms with Gasteiger partial charge in [0.2, 0.25) is 0 Å². The van der Waals surface area contributed by atoms with Gasteiger partial charge in [0.1, 0.15) is 0 Å². The van der Waals surface area contributed by atoms with Crippen LogP contribution in [0.25, 0.3) is 0 Å². The number of hydrogen-bond donors (Lipinski definition) is 1. The fourth-order valence-electron chi connectivity index (χ4n) is 1.22. The molecule has 1 nitrogen and oxygen atoms in total. The van der Waals surface area contributed by atoms with Gasteiger partial charge < -0.3 is 5.73 Å². The summed E-state index contributed by atoms with van der Waals surface area (Å²) < 4.78 is 0. The van der Waals surface area contributed by atoms with E-state index in [-0.39, 0.29) is 0 Å². The zero-order chi connectivity index (χ0) is 10.9. The van der Waals surface area contributed by atoms with Gasteiger partial charge in [-0.2, -0.15) is 0 Å². The minimum atomic E-state index is -0.442. The summed E-state index contributed by atoms with van der Waals surface area (Å²) >= 11 is 12.0. The normalized spacial score (nSPS) is 15.6. The van der Waals surface area contributed by atoms with Crippen LogP contribution < -0.4 is 5.73 Å². The summed E-state index contributed by atoms with van der Waals surface area (Å²) in [6.45, 7) is 6.10. The van der Waals surface area contributed by atoms with E-state index in [1.165, 1.54) is 0 Å². The lowest BCUT2D eigenvalue weighted by atomic mass is 9.83. The first-order valence-corrected chi connectivity index (χ1v) is 5.35. The van der Waals surface area contributed by atoms with Crippen LogP contribution in [0.3, 0.4) is 0 Å². The third kappa shape index (κ3) is 2.22. The Bertz CT molecular complexity index is 332. The minimum absolute atomic E-state index is 0.304. The predicted molar refractivity (Wildman–Crippen MR) is 62.8 cm³/mol. The van der Waals surface area contributed by atoms with E-state index < -0.39 is 5.54 Å². The first-order chi connectivity index (χ1) is 6.35. The summed E-state index contributed by atoms with van der Waals surface area (Å²) in [5.41, 5.74) is 6.67. The lowest BCUT2D eigenvalue weighted by Crippen LogP contribution is -2.38. The average Bonchev–Trinajstić information content (AvgIpc) is 2.08. The van der Waals surface area contributed by atoms with Gasteiger partial charge in [0.25, 0.3) is 0 Å². The first-order valence-electron chi connectivity index (χ1n) is 4.60. The first kappa shape index (κ1) is 11.8. The highest BCUT2D eigenvalue weighted by Gasteiger charge is 2.27. The Morgan fingerprint density at radius 2 is 1.86 bits per heavy atom. The largest absolute Gasteiger partial charge is 0.321 e. The lowest BCUT2D eigenvalue weighted by Gasteiger charge is -2.30. The van der Waals surface area contributed by atoms with E-state index in [9.17, 15) is 0 Å². The van der Waals surface area contributed by atoms with Gasteiger partial charge in [-0.3, -0.25) is 0 Å². The highest BCUT2D eigenvalue weighted by atomic mass is 35.5. The molecular weight excluding hydrogens is 217 g/mol. The van der Waals surface area contributed by atoms with Gasteiger partial charge in [0.05, 0.1) is 0 Å². The summed E-state index contributed by atoms with van der Waals surface area (Å²) in [4.78, 5) is 0. The smallest absolute Gasteiger partial charge is 0.0457 e. The molecule has 0 aliphatic heterocycles. The van der Waals surface area contributed by atoms with Crippen LogP contribution in [0.4, 0.5) is 0 Å². The number of nitrogens with two attached hydrogens (primary N) is 1. The molecule has 2 N–H and O–H groups in total. The van der Waals surface area contributed by atoms with Crippen LogP contribution >= 0.6 is 23.2 Å². The molecule has 0 heterocycles. The Hall–Kier alpha value is -0.240. The molecule has 0 radical (unpaired) electrons. The summed E-state index contributed by atoms with van der Waals surface area (Å²) in [6.07, 6.45) is 0. The van der Waals surface area contributed by atoms with E-state index in [1.54, 1.807) is 12.1 Å². The molecule has 78 valence electrons. The van der Waals surface area contributed by atoms with Crippen molar-refractivity contribution < 1.29 is 0 Å². The van der Waals surface area contributed by atoms with Crippen molar-refractivity contribution in [1.82, 2.24) is 0 Å². The van der Waals surface area contributed by atoms with Crippen molar-refractivity contribution >= 4 is 23.2 Å². The lowest BCUT2D eigenvalue weighted by molar-refractivity contribution is 0.351. The van der Waals surface area contributed by atoms with E-state index in [2.05, 4.69) is 13.8 Å². The average molecular weight is 232 g/mol. The Labute approximate surface area is 95.2 Å². The predicted octanol–water partition coefficient (Wildman–Crippen LogP) is 3.82. The molecule has 0 spiro atoms. The van der Waals surface area contributed by atoms with Gasteiger partial charge in [-0.25, -0.2) is 0 Å². The summed E-state index contributed by atoms with van der Waals surface area (Å²) in [7, 11) is 0. The van der Waals surface area contributed by atoms with Crippen molar-refractivity contribution in [2.24, 2.45) is 11.7 Å². The van der Waals surface area contributed by atoms with E-state index in [0.29, 0.717) is 16.0 Å². The molecule has 1 aromatic rings. The topological polar surface area (TPSA) is 26.0 Å². The number of benzene rings is 1. The molecule has 0 saturated heterocycles. The van der Waals surface area contributed by atoms with Crippen LogP contribution in [0.5, 0.6) is 0 Å². The molecule has 0 bridgehead atoms.